The van der Waals surface area contributed by atoms with E-state index in [4.69, 9.17) is 5.73 Å². The second-order valence-corrected chi connectivity index (χ2v) is 6.09. The maximum Gasteiger partial charge on any atom is 0.270 e. The maximum absolute atomic E-state index is 11.6. The Bertz CT molecular complexity index is 384. The van der Waals surface area contributed by atoms with Crippen LogP contribution in [0.4, 0.5) is 5.13 Å². The summed E-state index contributed by atoms with van der Waals surface area (Å²) in [5.74, 6) is -0.300. The van der Waals surface area contributed by atoms with Crippen molar-refractivity contribution in [3.05, 3.63) is 11.1 Å². The third kappa shape index (κ3) is 5.14. The van der Waals surface area contributed by atoms with Gasteiger partial charge in [-0.1, -0.05) is 20.8 Å². The van der Waals surface area contributed by atoms with Gasteiger partial charge in [-0.2, -0.15) is 0 Å². The van der Waals surface area contributed by atoms with E-state index < -0.39 is 6.10 Å². The third-order valence-corrected chi connectivity index (χ3v) is 2.77. The second-order valence-electron chi connectivity index (χ2n) is 5.20. The lowest BCUT2D eigenvalue weighted by Gasteiger charge is -2.22. The minimum atomic E-state index is -0.546. The van der Waals surface area contributed by atoms with Crippen LogP contribution < -0.4 is 11.1 Å². The van der Waals surface area contributed by atoms with Crippen LogP contribution in [0.3, 0.4) is 0 Å². The predicted molar refractivity (Wildman–Crippen MR) is 68.9 cm³/mol. The second kappa shape index (κ2) is 5.46. The number of carbonyl (C=O) groups is 1. The van der Waals surface area contributed by atoms with Gasteiger partial charge in [-0.3, -0.25) is 4.79 Å². The van der Waals surface area contributed by atoms with Crippen LogP contribution in [0.25, 0.3) is 0 Å². The topological polar surface area (TPSA) is 88.2 Å². The minimum absolute atomic E-state index is 0.0369. The van der Waals surface area contributed by atoms with E-state index in [2.05, 4.69) is 10.3 Å². The monoisotopic (exact) mass is 257 g/mol. The fraction of sp³-hybridized carbons (Fsp3) is 0.636. The van der Waals surface area contributed by atoms with Crippen molar-refractivity contribution in [1.29, 1.82) is 0 Å². The molecule has 0 aliphatic carbocycles. The van der Waals surface area contributed by atoms with Crippen molar-refractivity contribution in [2.24, 2.45) is 5.41 Å². The highest BCUT2D eigenvalue weighted by Crippen LogP contribution is 2.20. The van der Waals surface area contributed by atoms with Crippen LogP contribution in [0.1, 0.15) is 37.7 Å². The van der Waals surface area contributed by atoms with Gasteiger partial charge in [0.2, 0.25) is 0 Å². The number of nitrogen functional groups attached to an aromatic ring is 1. The summed E-state index contributed by atoms with van der Waals surface area (Å²) in [6, 6.07) is 0. The minimum Gasteiger partial charge on any atom is -0.391 e. The Balaban J connectivity index is 2.38. The number of aliphatic hydroxyl groups is 1. The van der Waals surface area contributed by atoms with Crippen molar-refractivity contribution < 1.29 is 9.90 Å². The van der Waals surface area contributed by atoms with Gasteiger partial charge in [-0.05, 0) is 11.8 Å². The summed E-state index contributed by atoms with van der Waals surface area (Å²) in [4.78, 5) is 15.5. The molecule has 1 heterocycles. The molecule has 1 atom stereocenters. The number of nitrogens with two attached hydrogens (primary N) is 1. The smallest absolute Gasteiger partial charge is 0.270 e. The van der Waals surface area contributed by atoms with E-state index in [9.17, 15) is 9.90 Å². The maximum atomic E-state index is 11.6. The molecule has 96 valence electrons. The number of rotatable bonds is 4. The normalized spacial score (nSPS) is 13.4. The number of nitrogens with zero attached hydrogens (tertiary/aromatic N) is 1. The molecule has 6 heteroatoms. The van der Waals surface area contributed by atoms with Crippen molar-refractivity contribution >= 4 is 22.4 Å². The summed E-state index contributed by atoms with van der Waals surface area (Å²) in [5, 5.41) is 14.3. The molecule has 0 fully saturated rings. The molecule has 1 amide bonds. The molecule has 0 aliphatic rings. The fourth-order valence-electron chi connectivity index (χ4n) is 1.47. The number of hydrogen-bond acceptors (Lipinski definition) is 5. The lowest BCUT2D eigenvalue weighted by Crippen LogP contribution is -2.34. The zero-order valence-electron chi connectivity index (χ0n) is 10.4. The van der Waals surface area contributed by atoms with Gasteiger partial charge in [-0.25, -0.2) is 4.98 Å². The number of amides is 1. The van der Waals surface area contributed by atoms with Gasteiger partial charge in [0.1, 0.15) is 5.69 Å². The molecular formula is C11H19N3O2S. The largest absolute Gasteiger partial charge is 0.391 e. The van der Waals surface area contributed by atoms with Crippen molar-refractivity contribution in [3.63, 3.8) is 0 Å². The van der Waals surface area contributed by atoms with E-state index >= 15 is 0 Å². The summed E-state index contributed by atoms with van der Waals surface area (Å²) in [5.41, 5.74) is 5.77. The Morgan fingerprint density at radius 3 is 2.76 bits per heavy atom. The number of anilines is 1. The molecule has 0 aromatic carbocycles. The van der Waals surface area contributed by atoms with E-state index in [0.29, 0.717) is 17.2 Å². The predicted octanol–water partition coefficient (Wildman–Crippen LogP) is 1.25. The summed E-state index contributed by atoms with van der Waals surface area (Å²) in [6.45, 7) is 6.35. The summed E-state index contributed by atoms with van der Waals surface area (Å²) in [7, 11) is 0. The van der Waals surface area contributed by atoms with Crippen molar-refractivity contribution in [3.8, 4) is 0 Å². The Kier molecular flexibility index (Phi) is 4.47. The van der Waals surface area contributed by atoms with Crippen LogP contribution in [0, 0.1) is 5.41 Å². The SMILES string of the molecule is CC(C)(C)CC(O)CNC(=O)c1csc(N)n1. The van der Waals surface area contributed by atoms with Crippen LogP contribution in [0.5, 0.6) is 0 Å². The molecular weight excluding hydrogens is 238 g/mol. The van der Waals surface area contributed by atoms with E-state index in [-0.39, 0.29) is 17.9 Å². The molecule has 1 aromatic rings. The zero-order chi connectivity index (χ0) is 13.1. The average Bonchev–Trinajstić information content (AvgIpc) is 2.58. The number of nitrogens with one attached hydrogen (secondary N) is 1. The van der Waals surface area contributed by atoms with Gasteiger partial charge < -0.3 is 16.2 Å². The average molecular weight is 257 g/mol. The standard InChI is InChI=1S/C11H19N3O2S/c1-11(2,3)4-7(15)5-13-9(16)8-6-17-10(12)14-8/h6-7,15H,4-5H2,1-3H3,(H2,12,14)(H,13,16). The fourth-order valence-corrected chi connectivity index (χ4v) is 2.02. The number of hydrogen-bond donors (Lipinski definition) is 3. The molecule has 17 heavy (non-hydrogen) atoms. The highest BCUT2D eigenvalue weighted by atomic mass is 32.1. The van der Waals surface area contributed by atoms with Gasteiger partial charge in [0.15, 0.2) is 5.13 Å². The molecule has 0 aliphatic heterocycles. The van der Waals surface area contributed by atoms with Gasteiger partial charge in [0, 0.05) is 11.9 Å². The van der Waals surface area contributed by atoms with Gasteiger partial charge >= 0.3 is 0 Å². The van der Waals surface area contributed by atoms with E-state index in [1.165, 1.54) is 11.3 Å². The van der Waals surface area contributed by atoms with Gasteiger partial charge in [0.25, 0.3) is 5.91 Å². The molecule has 0 bridgehead atoms. The van der Waals surface area contributed by atoms with E-state index in [0.717, 1.165) is 0 Å². The molecule has 1 rings (SSSR count). The lowest BCUT2D eigenvalue weighted by atomic mass is 9.89. The summed E-state index contributed by atoms with van der Waals surface area (Å²) >= 11 is 1.22. The molecule has 5 nitrogen and oxygen atoms in total. The molecule has 0 spiro atoms. The molecule has 1 unspecified atom stereocenters. The summed E-state index contributed by atoms with van der Waals surface area (Å²) in [6.07, 6.45) is 0.0851. The van der Waals surface area contributed by atoms with Crippen LogP contribution in [0.2, 0.25) is 0 Å². The highest BCUT2D eigenvalue weighted by molar-refractivity contribution is 7.13. The van der Waals surface area contributed by atoms with Crippen molar-refractivity contribution in [1.82, 2.24) is 10.3 Å². The lowest BCUT2D eigenvalue weighted by molar-refractivity contribution is 0.0865. The highest BCUT2D eigenvalue weighted by Gasteiger charge is 2.18. The Hall–Kier alpha value is -1.14. The molecule has 0 saturated carbocycles. The molecule has 0 radical (unpaired) electrons. The third-order valence-electron chi connectivity index (χ3n) is 2.10. The van der Waals surface area contributed by atoms with Gasteiger partial charge in [-0.15, -0.1) is 11.3 Å². The quantitative estimate of drug-likeness (QED) is 0.757. The Morgan fingerprint density at radius 1 is 1.65 bits per heavy atom. The van der Waals surface area contributed by atoms with Gasteiger partial charge in [0.05, 0.1) is 6.10 Å². The van der Waals surface area contributed by atoms with Crippen LogP contribution in [-0.2, 0) is 0 Å². The Labute approximate surface area is 105 Å². The first-order valence-corrected chi connectivity index (χ1v) is 6.33. The van der Waals surface area contributed by atoms with Crippen LogP contribution in [-0.4, -0.2) is 28.6 Å². The molecule has 1 aromatic heterocycles. The number of thiazole rings is 1. The van der Waals surface area contributed by atoms with Crippen LogP contribution >= 0.6 is 11.3 Å². The summed E-state index contributed by atoms with van der Waals surface area (Å²) < 4.78 is 0. The molecule has 0 saturated heterocycles. The number of aliphatic hydroxyl groups excluding tert-OH is 1. The number of carbonyl (C=O) groups excluding carboxylic acids is 1. The zero-order valence-corrected chi connectivity index (χ0v) is 11.2. The van der Waals surface area contributed by atoms with Crippen molar-refractivity contribution in [2.75, 3.05) is 12.3 Å². The first-order valence-electron chi connectivity index (χ1n) is 5.45. The van der Waals surface area contributed by atoms with E-state index in [1.54, 1.807) is 5.38 Å². The van der Waals surface area contributed by atoms with Crippen LogP contribution in [0.15, 0.2) is 5.38 Å². The van der Waals surface area contributed by atoms with Crippen molar-refractivity contribution in [2.45, 2.75) is 33.3 Å². The van der Waals surface area contributed by atoms with E-state index in [1.807, 2.05) is 20.8 Å². The first-order chi connectivity index (χ1) is 7.78. The number of aromatic nitrogens is 1. The Morgan fingerprint density at radius 2 is 2.29 bits per heavy atom. The molecule has 4 N–H and O–H groups in total. The first kappa shape index (κ1) is 13.9.